The van der Waals surface area contributed by atoms with Crippen LogP contribution in [-0.4, -0.2) is 0 Å². The van der Waals surface area contributed by atoms with Gasteiger partial charge >= 0.3 is 0 Å². The normalized spacial score (nSPS) is 16.6. The summed E-state index contributed by atoms with van der Waals surface area (Å²) in [4.78, 5) is 0. The molecule has 0 spiro atoms. The minimum atomic E-state index is 0.513. The van der Waals surface area contributed by atoms with Gasteiger partial charge in [-0.15, -0.1) is 0 Å². The first-order chi connectivity index (χ1) is 9.79. The van der Waals surface area contributed by atoms with E-state index < -0.39 is 0 Å². The van der Waals surface area contributed by atoms with Gasteiger partial charge in [-0.1, -0.05) is 83.2 Å². The van der Waals surface area contributed by atoms with Gasteiger partial charge in [0.15, 0.2) is 0 Å². The lowest BCUT2D eigenvalue weighted by molar-refractivity contribution is 0.947. The molecule has 1 atom stereocenters. The summed E-state index contributed by atoms with van der Waals surface area (Å²) < 4.78 is 0. The summed E-state index contributed by atoms with van der Waals surface area (Å²) in [6.07, 6.45) is 8.70. The molecule has 20 heavy (non-hydrogen) atoms. The molecule has 0 radical (unpaired) electrons. The van der Waals surface area contributed by atoms with Gasteiger partial charge in [0, 0.05) is 5.92 Å². The van der Waals surface area contributed by atoms with Crippen molar-refractivity contribution in [1.82, 2.24) is 0 Å². The van der Waals surface area contributed by atoms with Crippen molar-refractivity contribution in [3.05, 3.63) is 65.3 Å². The zero-order valence-corrected chi connectivity index (χ0v) is 14.2. The Kier molecular flexibility index (Phi) is 9.45. The molecule has 0 N–H and O–H groups in total. The molecule has 1 aliphatic carbocycles. The van der Waals surface area contributed by atoms with Gasteiger partial charge in [-0.05, 0) is 36.1 Å². The predicted molar refractivity (Wildman–Crippen MR) is 94.1 cm³/mol. The minimum Gasteiger partial charge on any atom is -0.0873 e. The Morgan fingerprint density at radius 3 is 1.95 bits per heavy atom. The molecule has 2 rings (SSSR count). The number of fused-ring (bicyclic) bond motifs is 1. The van der Waals surface area contributed by atoms with Crippen molar-refractivity contribution in [2.24, 2.45) is 0 Å². The molecule has 0 heterocycles. The van der Waals surface area contributed by atoms with Crippen LogP contribution in [0.5, 0.6) is 0 Å². The fourth-order valence-corrected chi connectivity index (χ4v) is 2.44. The fraction of sp³-hybridized carbons (Fsp3) is 0.400. The van der Waals surface area contributed by atoms with Crippen LogP contribution >= 0.6 is 0 Å². The zero-order valence-electron chi connectivity index (χ0n) is 14.2. The third-order valence-electron chi connectivity index (χ3n) is 3.17. The summed E-state index contributed by atoms with van der Waals surface area (Å²) in [6.45, 7) is 14.4. The Labute approximate surface area is 125 Å². The van der Waals surface area contributed by atoms with Crippen molar-refractivity contribution >= 4 is 5.57 Å². The quantitative estimate of drug-likeness (QED) is 0.556. The standard InChI is InChI=1S/C16H18.2C2H6/c1-4-8-13-12(3)14-10-6-7-11-16(14)15(13)9-5-2;2*1-2/h4-12H,1-3H3;2*1-2H3/b8-4-,9-5-;;. The number of hydrogen-bond donors (Lipinski definition) is 0. The number of benzene rings is 1. The predicted octanol–water partition coefficient (Wildman–Crippen LogP) is 6.76. The summed E-state index contributed by atoms with van der Waals surface area (Å²) >= 11 is 0. The molecule has 0 fully saturated rings. The van der Waals surface area contributed by atoms with Crippen LogP contribution in [0.15, 0.2) is 54.1 Å². The molecule has 1 aromatic carbocycles. The topological polar surface area (TPSA) is 0 Å². The lowest BCUT2D eigenvalue weighted by Crippen LogP contribution is -1.90. The van der Waals surface area contributed by atoms with Crippen LogP contribution in [0.2, 0.25) is 0 Å². The van der Waals surface area contributed by atoms with E-state index in [1.54, 1.807) is 0 Å². The minimum absolute atomic E-state index is 0.513. The molecular weight excluding hydrogens is 240 g/mol. The van der Waals surface area contributed by atoms with Crippen molar-refractivity contribution in [3.8, 4) is 0 Å². The van der Waals surface area contributed by atoms with E-state index in [-0.39, 0.29) is 0 Å². The fourth-order valence-electron chi connectivity index (χ4n) is 2.44. The first kappa shape index (κ1) is 18.4. The Hall–Kier alpha value is -1.56. The molecule has 0 aromatic heterocycles. The Bertz CT molecular complexity index is 473. The van der Waals surface area contributed by atoms with E-state index in [4.69, 9.17) is 0 Å². The van der Waals surface area contributed by atoms with Gasteiger partial charge in [-0.3, -0.25) is 0 Å². The summed E-state index contributed by atoms with van der Waals surface area (Å²) in [7, 11) is 0. The van der Waals surface area contributed by atoms with Crippen molar-refractivity contribution < 1.29 is 0 Å². The van der Waals surface area contributed by atoms with E-state index in [0.29, 0.717) is 5.92 Å². The molecule has 0 amide bonds. The highest BCUT2D eigenvalue weighted by molar-refractivity contribution is 5.86. The van der Waals surface area contributed by atoms with Crippen LogP contribution in [0, 0.1) is 0 Å². The highest BCUT2D eigenvalue weighted by Crippen LogP contribution is 2.42. The molecule has 0 nitrogen and oxygen atoms in total. The molecular formula is C20H30. The van der Waals surface area contributed by atoms with Gasteiger partial charge in [0.2, 0.25) is 0 Å². The molecule has 0 aliphatic heterocycles. The number of rotatable bonds is 2. The van der Waals surface area contributed by atoms with Crippen molar-refractivity contribution in [1.29, 1.82) is 0 Å². The molecule has 110 valence electrons. The van der Waals surface area contributed by atoms with Crippen LogP contribution in [0.1, 0.15) is 65.5 Å². The van der Waals surface area contributed by atoms with Crippen LogP contribution in [-0.2, 0) is 0 Å². The first-order valence-corrected chi connectivity index (χ1v) is 7.88. The molecule has 0 saturated carbocycles. The third kappa shape index (κ3) is 3.96. The second kappa shape index (κ2) is 10.3. The van der Waals surface area contributed by atoms with Crippen molar-refractivity contribution in [2.75, 3.05) is 0 Å². The van der Waals surface area contributed by atoms with E-state index in [2.05, 4.69) is 69.3 Å². The summed E-state index contributed by atoms with van der Waals surface area (Å²) in [5.41, 5.74) is 5.65. The molecule has 1 aromatic rings. The van der Waals surface area contributed by atoms with Gasteiger partial charge in [0.05, 0.1) is 0 Å². The lowest BCUT2D eigenvalue weighted by Gasteiger charge is -2.06. The van der Waals surface area contributed by atoms with E-state index in [1.165, 1.54) is 22.3 Å². The second-order valence-electron chi connectivity index (χ2n) is 4.18. The SMILES string of the molecule is CC.CC.C\C=C/C1=C(\C=C/C)C(C)c2ccccc21. The number of hydrogen-bond acceptors (Lipinski definition) is 0. The molecule has 0 saturated heterocycles. The molecule has 0 bridgehead atoms. The van der Waals surface area contributed by atoms with Crippen molar-refractivity contribution in [3.63, 3.8) is 0 Å². The Morgan fingerprint density at radius 2 is 1.40 bits per heavy atom. The third-order valence-corrected chi connectivity index (χ3v) is 3.17. The van der Waals surface area contributed by atoms with Gasteiger partial charge in [-0.25, -0.2) is 0 Å². The first-order valence-electron chi connectivity index (χ1n) is 7.88. The van der Waals surface area contributed by atoms with Crippen molar-refractivity contribution in [2.45, 2.75) is 54.4 Å². The Balaban J connectivity index is 0.000000829. The summed E-state index contributed by atoms with van der Waals surface area (Å²) in [6, 6.07) is 8.70. The summed E-state index contributed by atoms with van der Waals surface area (Å²) in [5, 5.41) is 0. The highest BCUT2D eigenvalue weighted by Gasteiger charge is 2.24. The monoisotopic (exact) mass is 270 g/mol. The highest BCUT2D eigenvalue weighted by atomic mass is 14.3. The van der Waals surface area contributed by atoms with Crippen LogP contribution in [0.25, 0.3) is 5.57 Å². The smallest absolute Gasteiger partial charge is 0.00731 e. The maximum atomic E-state index is 2.28. The largest absolute Gasteiger partial charge is 0.0873 e. The van der Waals surface area contributed by atoms with Gasteiger partial charge in [0.25, 0.3) is 0 Å². The van der Waals surface area contributed by atoms with Gasteiger partial charge in [0.1, 0.15) is 0 Å². The zero-order chi connectivity index (χ0) is 15.5. The summed E-state index contributed by atoms with van der Waals surface area (Å²) in [5.74, 6) is 0.513. The van der Waals surface area contributed by atoms with E-state index in [0.717, 1.165) is 0 Å². The van der Waals surface area contributed by atoms with E-state index in [9.17, 15) is 0 Å². The van der Waals surface area contributed by atoms with Gasteiger partial charge < -0.3 is 0 Å². The van der Waals surface area contributed by atoms with Crippen LogP contribution in [0.3, 0.4) is 0 Å². The van der Waals surface area contributed by atoms with E-state index in [1.807, 2.05) is 27.7 Å². The molecule has 0 heteroatoms. The number of allylic oxidation sites excluding steroid dienone is 6. The van der Waals surface area contributed by atoms with E-state index >= 15 is 0 Å². The maximum absolute atomic E-state index is 2.28. The Morgan fingerprint density at radius 1 is 0.850 bits per heavy atom. The average Bonchev–Trinajstić information content (AvgIpc) is 2.78. The van der Waals surface area contributed by atoms with Crippen LogP contribution < -0.4 is 0 Å². The average molecular weight is 270 g/mol. The maximum Gasteiger partial charge on any atom is 0.00731 e. The second-order valence-corrected chi connectivity index (χ2v) is 4.18. The van der Waals surface area contributed by atoms with Gasteiger partial charge in [-0.2, -0.15) is 0 Å². The van der Waals surface area contributed by atoms with Crippen LogP contribution in [0.4, 0.5) is 0 Å². The molecule has 1 aliphatic rings. The molecule has 1 unspecified atom stereocenters. The lowest BCUT2D eigenvalue weighted by atomic mass is 9.98.